The first-order chi connectivity index (χ1) is 10.2. The monoisotopic (exact) mass is 290 g/mol. The van der Waals surface area contributed by atoms with E-state index in [1.807, 2.05) is 0 Å². The Kier molecular flexibility index (Phi) is 4.55. The van der Waals surface area contributed by atoms with E-state index >= 15 is 0 Å². The molecule has 7 heteroatoms. The van der Waals surface area contributed by atoms with Crippen LogP contribution in [0.15, 0.2) is 34.9 Å². The van der Waals surface area contributed by atoms with Gasteiger partial charge in [-0.1, -0.05) is 12.1 Å². The number of hydrogen-bond acceptors (Lipinski definition) is 6. The molecule has 2 rings (SSSR count). The highest BCUT2D eigenvalue weighted by Gasteiger charge is 2.17. The van der Waals surface area contributed by atoms with Crippen molar-refractivity contribution < 1.29 is 23.5 Å². The van der Waals surface area contributed by atoms with Gasteiger partial charge in [-0.2, -0.15) is 4.98 Å². The molecule has 0 saturated heterocycles. The van der Waals surface area contributed by atoms with Crippen molar-refractivity contribution in [1.82, 2.24) is 4.98 Å². The van der Waals surface area contributed by atoms with E-state index in [0.717, 1.165) is 6.26 Å². The molecule has 0 aliphatic rings. The Hall–Kier alpha value is -2.83. The zero-order valence-corrected chi connectivity index (χ0v) is 11.6. The molecule has 0 atom stereocenters. The molecule has 2 aromatic rings. The van der Waals surface area contributed by atoms with Gasteiger partial charge in [0, 0.05) is 0 Å². The number of rotatable bonds is 5. The van der Waals surface area contributed by atoms with Gasteiger partial charge in [0.05, 0.1) is 19.3 Å². The summed E-state index contributed by atoms with van der Waals surface area (Å²) in [5.74, 6) is -0.643. The quantitative estimate of drug-likeness (QED) is 0.848. The van der Waals surface area contributed by atoms with Crippen LogP contribution < -0.4 is 10.1 Å². The highest BCUT2D eigenvalue weighted by atomic mass is 16.5. The van der Waals surface area contributed by atoms with E-state index in [0.29, 0.717) is 11.3 Å². The van der Waals surface area contributed by atoms with Crippen LogP contribution in [0.25, 0.3) is 0 Å². The Morgan fingerprint density at radius 1 is 1.33 bits per heavy atom. The number of anilines is 1. The third-order valence-electron chi connectivity index (χ3n) is 2.56. The number of carbonyl (C=O) groups is 2. The lowest BCUT2D eigenvalue weighted by molar-refractivity contribution is 0.0519. The molecular weight excluding hydrogens is 276 g/mol. The summed E-state index contributed by atoms with van der Waals surface area (Å²) in [6.45, 7) is 1.91. The second-order valence-electron chi connectivity index (χ2n) is 3.91. The minimum Gasteiger partial charge on any atom is -0.496 e. The second kappa shape index (κ2) is 6.56. The van der Waals surface area contributed by atoms with Crippen molar-refractivity contribution in [2.24, 2.45) is 0 Å². The summed E-state index contributed by atoms with van der Waals surface area (Å²) < 4.78 is 14.9. The number of nitrogens with zero attached hydrogens (tertiary/aromatic N) is 1. The Morgan fingerprint density at radius 3 is 2.81 bits per heavy atom. The fourth-order valence-corrected chi connectivity index (χ4v) is 1.63. The number of hydrogen-bond donors (Lipinski definition) is 1. The predicted molar refractivity (Wildman–Crippen MR) is 73.4 cm³/mol. The zero-order chi connectivity index (χ0) is 15.2. The van der Waals surface area contributed by atoms with E-state index in [1.165, 1.54) is 7.11 Å². The molecule has 1 N–H and O–H groups in total. The molecule has 1 heterocycles. The number of nitrogens with one attached hydrogen (secondary N) is 1. The average molecular weight is 290 g/mol. The van der Waals surface area contributed by atoms with Crippen LogP contribution >= 0.6 is 0 Å². The number of aromatic nitrogens is 1. The van der Waals surface area contributed by atoms with E-state index in [2.05, 4.69) is 10.3 Å². The highest BCUT2D eigenvalue weighted by molar-refractivity contribution is 6.05. The van der Waals surface area contributed by atoms with Crippen LogP contribution in [0.2, 0.25) is 0 Å². The largest absolute Gasteiger partial charge is 0.496 e. The van der Waals surface area contributed by atoms with E-state index < -0.39 is 11.9 Å². The normalized spacial score (nSPS) is 10.0. The summed E-state index contributed by atoms with van der Waals surface area (Å²) in [5, 5.41) is 2.45. The van der Waals surface area contributed by atoms with Crippen molar-refractivity contribution in [3.8, 4) is 5.75 Å². The fraction of sp³-hybridized carbons (Fsp3) is 0.214. The van der Waals surface area contributed by atoms with Crippen molar-refractivity contribution >= 4 is 17.9 Å². The van der Waals surface area contributed by atoms with Crippen LogP contribution in [-0.4, -0.2) is 30.6 Å². The highest BCUT2D eigenvalue weighted by Crippen LogP contribution is 2.19. The average Bonchev–Trinajstić information content (AvgIpc) is 2.96. The lowest BCUT2D eigenvalue weighted by Crippen LogP contribution is -2.13. The lowest BCUT2D eigenvalue weighted by atomic mass is 10.2. The molecule has 21 heavy (non-hydrogen) atoms. The van der Waals surface area contributed by atoms with Crippen molar-refractivity contribution in [3.63, 3.8) is 0 Å². The third kappa shape index (κ3) is 3.38. The molecular formula is C14H14N2O5. The molecule has 0 saturated carbocycles. The molecule has 1 aromatic carbocycles. The Morgan fingerprint density at radius 2 is 2.10 bits per heavy atom. The second-order valence-corrected chi connectivity index (χ2v) is 3.91. The van der Waals surface area contributed by atoms with Crippen LogP contribution in [0, 0.1) is 0 Å². The van der Waals surface area contributed by atoms with Gasteiger partial charge in [-0.25, -0.2) is 4.79 Å². The molecule has 0 unspecified atom stereocenters. The van der Waals surface area contributed by atoms with Crippen LogP contribution in [0.1, 0.15) is 27.8 Å². The Labute approximate surface area is 120 Å². The number of methoxy groups -OCH3 is 1. The number of ether oxygens (including phenoxy) is 2. The maximum absolute atomic E-state index is 12.1. The van der Waals surface area contributed by atoms with Gasteiger partial charge in [0.15, 0.2) is 5.69 Å². The summed E-state index contributed by atoms with van der Waals surface area (Å²) in [4.78, 5) is 27.4. The first-order valence-electron chi connectivity index (χ1n) is 6.22. The molecule has 0 spiro atoms. The lowest BCUT2D eigenvalue weighted by Gasteiger charge is -2.06. The Balaban J connectivity index is 2.11. The van der Waals surface area contributed by atoms with E-state index in [-0.39, 0.29) is 18.3 Å². The maximum atomic E-state index is 12.1. The van der Waals surface area contributed by atoms with Crippen molar-refractivity contribution in [1.29, 1.82) is 0 Å². The molecule has 1 amide bonds. The molecule has 1 aromatic heterocycles. The SMILES string of the molecule is CCOC(=O)c1coc(NC(=O)c2ccccc2OC)n1. The molecule has 0 radical (unpaired) electrons. The van der Waals surface area contributed by atoms with E-state index in [9.17, 15) is 9.59 Å². The maximum Gasteiger partial charge on any atom is 0.360 e. The summed E-state index contributed by atoms with van der Waals surface area (Å²) in [6, 6.07) is 6.63. The number of para-hydroxylation sites is 1. The van der Waals surface area contributed by atoms with Crippen LogP contribution in [0.4, 0.5) is 6.01 Å². The third-order valence-corrected chi connectivity index (χ3v) is 2.56. The van der Waals surface area contributed by atoms with Gasteiger partial charge >= 0.3 is 12.0 Å². The van der Waals surface area contributed by atoms with Gasteiger partial charge in [0.25, 0.3) is 5.91 Å². The molecule has 0 fully saturated rings. The van der Waals surface area contributed by atoms with Gasteiger partial charge in [0.1, 0.15) is 12.0 Å². The topological polar surface area (TPSA) is 90.7 Å². The van der Waals surface area contributed by atoms with Gasteiger partial charge in [-0.3, -0.25) is 10.1 Å². The number of esters is 1. The van der Waals surface area contributed by atoms with Gasteiger partial charge in [-0.15, -0.1) is 0 Å². The number of amides is 1. The van der Waals surface area contributed by atoms with Crippen LogP contribution in [0.5, 0.6) is 5.75 Å². The summed E-state index contributed by atoms with van der Waals surface area (Å²) in [7, 11) is 1.47. The van der Waals surface area contributed by atoms with Crippen molar-refractivity contribution in [2.45, 2.75) is 6.92 Å². The number of benzene rings is 1. The summed E-state index contributed by atoms with van der Waals surface area (Å²) in [5.41, 5.74) is 0.322. The first-order valence-corrected chi connectivity index (χ1v) is 6.22. The minimum atomic E-state index is -0.612. The zero-order valence-electron chi connectivity index (χ0n) is 11.6. The van der Waals surface area contributed by atoms with Crippen LogP contribution in [-0.2, 0) is 4.74 Å². The van der Waals surface area contributed by atoms with Crippen molar-refractivity contribution in [2.75, 3.05) is 19.0 Å². The smallest absolute Gasteiger partial charge is 0.360 e. The first kappa shape index (κ1) is 14.6. The molecule has 0 aliphatic carbocycles. The molecule has 110 valence electrons. The molecule has 7 nitrogen and oxygen atoms in total. The van der Waals surface area contributed by atoms with Gasteiger partial charge in [0.2, 0.25) is 0 Å². The predicted octanol–water partition coefficient (Wildman–Crippen LogP) is 2.11. The Bertz CT molecular complexity index is 650. The van der Waals surface area contributed by atoms with E-state index in [1.54, 1.807) is 31.2 Å². The van der Waals surface area contributed by atoms with Gasteiger partial charge < -0.3 is 13.9 Å². The molecule has 0 bridgehead atoms. The summed E-state index contributed by atoms with van der Waals surface area (Å²) in [6.07, 6.45) is 1.12. The standard InChI is InChI=1S/C14H14N2O5/c1-3-20-13(18)10-8-21-14(15-10)16-12(17)9-6-4-5-7-11(9)19-2/h4-8H,3H2,1-2H3,(H,15,16,17). The van der Waals surface area contributed by atoms with E-state index in [4.69, 9.17) is 13.9 Å². The number of oxazole rings is 1. The summed E-state index contributed by atoms with van der Waals surface area (Å²) >= 11 is 0. The minimum absolute atomic E-state index is 0.00724. The fourth-order valence-electron chi connectivity index (χ4n) is 1.63. The van der Waals surface area contributed by atoms with Gasteiger partial charge in [-0.05, 0) is 19.1 Å². The van der Waals surface area contributed by atoms with Crippen molar-refractivity contribution in [3.05, 3.63) is 41.8 Å². The van der Waals surface area contributed by atoms with Crippen LogP contribution in [0.3, 0.4) is 0 Å². The molecule has 0 aliphatic heterocycles. The number of carbonyl (C=O) groups excluding carboxylic acids is 2.